The minimum atomic E-state index is -0.255. The third-order valence-electron chi connectivity index (χ3n) is 5.65. The molecule has 2 aromatic carbocycles. The van der Waals surface area contributed by atoms with Gasteiger partial charge in [-0.15, -0.1) is 10.2 Å². The van der Waals surface area contributed by atoms with E-state index in [1.807, 2.05) is 55.5 Å². The van der Waals surface area contributed by atoms with Crippen LogP contribution >= 0.6 is 0 Å². The molecule has 1 N–H and O–H groups in total. The zero-order chi connectivity index (χ0) is 23.9. The van der Waals surface area contributed by atoms with Crippen LogP contribution in [0.25, 0.3) is 11.5 Å². The van der Waals surface area contributed by atoms with Crippen LogP contribution in [0.15, 0.2) is 52.9 Å². The maximum Gasteiger partial charge on any atom is 0.247 e. The number of ether oxygens (including phenoxy) is 1. The number of benzene rings is 2. The molecule has 1 aromatic heterocycles. The molecule has 2 amide bonds. The lowest BCUT2D eigenvalue weighted by atomic mass is 10.1. The van der Waals surface area contributed by atoms with Crippen molar-refractivity contribution in [3.8, 4) is 11.5 Å². The van der Waals surface area contributed by atoms with E-state index in [1.54, 1.807) is 7.05 Å². The summed E-state index contributed by atoms with van der Waals surface area (Å²) < 4.78 is 11.0. The molecule has 0 unspecified atom stereocenters. The molecule has 3 aromatic rings. The van der Waals surface area contributed by atoms with Crippen molar-refractivity contribution in [2.75, 3.05) is 50.1 Å². The molecule has 0 bridgehead atoms. The molecule has 1 saturated heterocycles. The van der Waals surface area contributed by atoms with Gasteiger partial charge < -0.3 is 24.3 Å². The first-order chi connectivity index (χ1) is 16.5. The van der Waals surface area contributed by atoms with Gasteiger partial charge in [0, 0.05) is 49.9 Å². The van der Waals surface area contributed by atoms with E-state index < -0.39 is 0 Å². The first-order valence-corrected chi connectivity index (χ1v) is 11.3. The number of carbonyl (C=O) groups excluding carboxylic acids is 2. The molecule has 4 rings (SSSR count). The molecule has 178 valence electrons. The predicted molar refractivity (Wildman–Crippen MR) is 129 cm³/mol. The molecule has 0 saturated carbocycles. The number of rotatable bonds is 8. The lowest BCUT2D eigenvalue weighted by molar-refractivity contribution is -0.133. The lowest BCUT2D eigenvalue weighted by Gasteiger charge is -2.28. The van der Waals surface area contributed by atoms with Crippen LogP contribution in [0, 0.1) is 6.92 Å². The van der Waals surface area contributed by atoms with E-state index in [2.05, 4.69) is 20.4 Å². The fraction of sp³-hybridized carbons (Fsp3) is 0.360. The number of morpholine rings is 1. The molecule has 0 aliphatic carbocycles. The summed E-state index contributed by atoms with van der Waals surface area (Å²) in [7, 11) is 1.61. The zero-order valence-electron chi connectivity index (χ0n) is 19.5. The van der Waals surface area contributed by atoms with Crippen molar-refractivity contribution in [3.05, 3.63) is 60.0 Å². The first kappa shape index (κ1) is 23.4. The second-order valence-corrected chi connectivity index (χ2v) is 8.31. The van der Waals surface area contributed by atoms with Gasteiger partial charge in [-0.3, -0.25) is 9.59 Å². The maximum absolute atomic E-state index is 12.5. The number of carbonyl (C=O) groups is 2. The van der Waals surface area contributed by atoms with Crippen LogP contribution in [-0.4, -0.2) is 66.8 Å². The number of anilines is 2. The molecule has 9 nitrogen and oxygen atoms in total. The van der Waals surface area contributed by atoms with E-state index in [0.717, 1.165) is 43.1 Å². The molecule has 9 heteroatoms. The summed E-state index contributed by atoms with van der Waals surface area (Å²) >= 11 is 0. The van der Waals surface area contributed by atoms with E-state index in [4.69, 9.17) is 9.15 Å². The van der Waals surface area contributed by atoms with Crippen LogP contribution in [0.3, 0.4) is 0 Å². The summed E-state index contributed by atoms with van der Waals surface area (Å²) in [5.74, 6) is 0.388. The number of nitrogens with zero attached hydrogens (tertiary/aromatic N) is 4. The number of aromatic nitrogens is 2. The van der Waals surface area contributed by atoms with Gasteiger partial charge in [0.1, 0.15) is 0 Å². The topological polar surface area (TPSA) is 101 Å². The van der Waals surface area contributed by atoms with Crippen molar-refractivity contribution < 1.29 is 18.7 Å². The zero-order valence-corrected chi connectivity index (χ0v) is 19.5. The third-order valence-corrected chi connectivity index (χ3v) is 5.65. The first-order valence-electron chi connectivity index (χ1n) is 11.3. The molecule has 1 aliphatic heterocycles. The van der Waals surface area contributed by atoms with Gasteiger partial charge in [-0.05, 0) is 43.3 Å². The fourth-order valence-corrected chi connectivity index (χ4v) is 3.65. The Hall–Kier alpha value is -3.72. The molecule has 1 aliphatic rings. The van der Waals surface area contributed by atoms with Crippen molar-refractivity contribution in [1.82, 2.24) is 15.1 Å². The number of hydrogen-bond acceptors (Lipinski definition) is 7. The third kappa shape index (κ3) is 6.20. The Kier molecular flexibility index (Phi) is 7.54. The largest absolute Gasteiger partial charge is 0.421 e. The maximum atomic E-state index is 12.5. The van der Waals surface area contributed by atoms with Gasteiger partial charge >= 0.3 is 0 Å². The SMILES string of the molecule is Cc1ccc(-c2nnc(CCC(=O)N(C)CC(=O)Nc3ccc(N4CCOCC4)cc3)o2)cc1. The Bertz CT molecular complexity index is 1110. The van der Waals surface area contributed by atoms with Crippen LogP contribution in [0.5, 0.6) is 0 Å². The van der Waals surface area contributed by atoms with Crippen LogP contribution in [0.2, 0.25) is 0 Å². The van der Waals surface area contributed by atoms with Gasteiger partial charge in [0.2, 0.25) is 23.6 Å². The molecule has 0 radical (unpaired) electrons. The normalized spacial score (nSPS) is 13.5. The van der Waals surface area contributed by atoms with Crippen LogP contribution in [0.1, 0.15) is 17.9 Å². The number of amides is 2. The number of nitrogens with one attached hydrogen (secondary N) is 1. The summed E-state index contributed by atoms with van der Waals surface area (Å²) in [4.78, 5) is 28.5. The van der Waals surface area contributed by atoms with Gasteiger partial charge in [-0.1, -0.05) is 17.7 Å². The second kappa shape index (κ2) is 10.9. The van der Waals surface area contributed by atoms with E-state index in [9.17, 15) is 9.59 Å². The predicted octanol–water partition coefficient (Wildman–Crippen LogP) is 2.91. The molecule has 0 spiro atoms. The summed E-state index contributed by atoms with van der Waals surface area (Å²) in [5.41, 5.74) is 3.77. The van der Waals surface area contributed by atoms with Crippen molar-refractivity contribution in [2.45, 2.75) is 19.8 Å². The van der Waals surface area contributed by atoms with E-state index >= 15 is 0 Å². The number of hydrogen-bond donors (Lipinski definition) is 1. The van der Waals surface area contributed by atoms with E-state index in [1.165, 1.54) is 4.90 Å². The highest BCUT2D eigenvalue weighted by molar-refractivity contribution is 5.94. The highest BCUT2D eigenvalue weighted by Crippen LogP contribution is 2.20. The van der Waals surface area contributed by atoms with Gasteiger partial charge in [-0.25, -0.2) is 0 Å². The van der Waals surface area contributed by atoms with Crippen molar-refractivity contribution in [2.24, 2.45) is 0 Å². The fourth-order valence-electron chi connectivity index (χ4n) is 3.65. The molecule has 2 heterocycles. The van der Waals surface area contributed by atoms with Crippen molar-refractivity contribution in [1.29, 1.82) is 0 Å². The van der Waals surface area contributed by atoms with Gasteiger partial charge in [-0.2, -0.15) is 0 Å². The summed E-state index contributed by atoms with van der Waals surface area (Å²) in [5, 5.41) is 10.9. The molecule has 34 heavy (non-hydrogen) atoms. The van der Waals surface area contributed by atoms with E-state index in [0.29, 0.717) is 23.9 Å². The average molecular weight is 464 g/mol. The number of aryl methyl sites for hydroxylation is 2. The highest BCUT2D eigenvalue weighted by Gasteiger charge is 2.16. The average Bonchev–Trinajstić information content (AvgIpc) is 3.33. The van der Waals surface area contributed by atoms with Crippen LogP contribution in [-0.2, 0) is 20.7 Å². The molecule has 0 atom stereocenters. The molecular weight excluding hydrogens is 434 g/mol. The Morgan fingerprint density at radius 2 is 1.74 bits per heavy atom. The minimum absolute atomic E-state index is 0.0392. The molecular formula is C25H29N5O4. The standard InChI is InChI=1S/C25H29N5O4/c1-18-3-5-19(6-4-18)25-28-27-23(34-25)11-12-24(32)29(2)17-22(31)26-20-7-9-21(10-8-20)30-13-15-33-16-14-30/h3-10H,11-17H2,1-2H3,(H,26,31). The summed E-state index contributed by atoms with van der Waals surface area (Å²) in [6, 6.07) is 15.5. The number of likely N-dealkylation sites (N-methyl/N-ethyl adjacent to an activating group) is 1. The minimum Gasteiger partial charge on any atom is -0.421 e. The monoisotopic (exact) mass is 463 g/mol. The summed E-state index contributed by atoms with van der Waals surface area (Å²) in [6.45, 7) is 5.12. The summed E-state index contributed by atoms with van der Waals surface area (Å²) in [6.07, 6.45) is 0.486. The Balaban J connectivity index is 1.22. The second-order valence-electron chi connectivity index (χ2n) is 8.31. The van der Waals surface area contributed by atoms with Gasteiger partial charge in [0.15, 0.2) is 0 Å². The Morgan fingerprint density at radius 3 is 2.44 bits per heavy atom. The van der Waals surface area contributed by atoms with Crippen molar-refractivity contribution in [3.63, 3.8) is 0 Å². The smallest absolute Gasteiger partial charge is 0.247 e. The highest BCUT2D eigenvalue weighted by atomic mass is 16.5. The quantitative estimate of drug-likeness (QED) is 0.548. The van der Waals surface area contributed by atoms with E-state index in [-0.39, 0.29) is 24.8 Å². The lowest BCUT2D eigenvalue weighted by Crippen LogP contribution is -2.36. The van der Waals surface area contributed by atoms with Gasteiger partial charge in [0.25, 0.3) is 0 Å². The van der Waals surface area contributed by atoms with Gasteiger partial charge in [0.05, 0.1) is 19.8 Å². The Labute approximate surface area is 198 Å². The van der Waals surface area contributed by atoms with Crippen LogP contribution < -0.4 is 10.2 Å². The molecule has 1 fully saturated rings. The van der Waals surface area contributed by atoms with Crippen LogP contribution in [0.4, 0.5) is 11.4 Å². The van der Waals surface area contributed by atoms with Crippen molar-refractivity contribution >= 4 is 23.2 Å². The Morgan fingerprint density at radius 1 is 1.03 bits per heavy atom.